The van der Waals surface area contributed by atoms with Gasteiger partial charge in [-0.05, 0) is 12.1 Å². The number of hydrogen-bond acceptors (Lipinski definition) is 8. The molecule has 0 aromatic heterocycles. The average molecular weight is 511 g/mol. The second-order valence-electron chi connectivity index (χ2n) is 7.30. The normalized spacial score (nSPS) is 18.6. The van der Waals surface area contributed by atoms with Gasteiger partial charge in [-0.3, -0.25) is 4.90 Å². The van der Waals surface area contributed by atoms with Gasteiger partial charge in [0.25, 0.3) is 0 Å². The lowest BCUT2D eigenvalue weighted by Crippen LogP contribution is -2.43. The molecular weight excluding hydrogens is 490 g/mol. The minimum Gasteiger partial charge on any atom is -0.496 e. The van der Waals surface area contributed by atoms with Crippen molar-refractivity contribution in [2.45, 2.75) is 18.8 Å². The number of benzene rings is 2. The van der Waals surface area contributed by atoms with Gasteiger partial charge < -0.3 is 29.4 Å². The van der Waals surface area contributed by atoms with Crippen LogP contribution in [-0.2, 0) is 11.3 Å². The molecule has 0 spiro atoms. The number of fused-ring (bicyclic) bond motifs is 1. The first kappa shape index (κ1) is 24.5. The van der Waals surface area contributed by atoms with Gasteiger partial charge in [0.05, 0.1) is 37.1 Å². The fraction of sp³-hybridized carbons (Fsp3) is 0.318. The predicted octanol–water partition coefficient (Wildman–Crippen LogP) is 2.89. The van der Waals surface area contributed by atoms with Crippen LogP contribution in [0, 0.1) is 11.6 Å². The standard InChI is InChI=1S/C22H21ClF2N4O6/c1-32-15-4-3-13(24)18(25)11(15)9-35-17-8-14(12(23)7-16(17)34-6-5-30)29-20-19(28-22(29)31)21(33-2)27-10-26-20/h3-4,7-8,10,19-20,30H,5-6,9H2,1-2H3,(H,28,31). The zero-order chi connectivity index (χ0) is 25.1. The smallest absolute Gasteiger partial charge is 0.324 e. The Labute approximate surface area is 203 Å². The van der Waals surface area contributed by atoms with Crippen LogP contribution in [0.4, 0.5) is 19.3 Å². The van der Waals surface area contributed by atoms with Gasteiger partial charge in [-0.2, -0.15) is 0 Å². The Hall–Kier alpha value is -3.64. The molecule has 2 heterocycles. The van der Waals surface area contributed by atoms with Gasteiger partial charge in [0, 0.05) is 12.1 Å². The van der Waals surface area contributed by atoms with Crippen molar-refractivity contribution >= 4 is 35.6 Å². The summed E-state index contributed by atoms with van der Waals surface area (Å²) in [5.74, 6) is -1.67. The van der Waals surface area contributed by atoms with E-state index in [-0.39, 0.29) is 52.6 Å². The van der Waals surface area contributed by atoms with E-state index in [1.54, 1.807) is 0 Å². The van der Waals surface area contributed by atoms with Crippen LogP contribution in [0.2, 0.25) is 5.02 Å². The van der Waals surface area contributed by atoms with Crippen molar-refractivity contribution in [2.24, 2.45) is 9.98 Å². The number of aliphatic hydroxyl groups is 1. The molecule has 0 bridgehead atoms. The fourth-order valence-corrected chi connectivity index (χ4v) is 3.94. The summed E-state index contributed by atoms with van der Waals surface area (Å²) in [6.45, 7) is -0.811. The van der Waals surface area contributed by atoms with Crippen molar-refractivity contribution in [3.63, 3.8) is 0 Å². The Kier molecular flexibility index (Phi) is 7.22. The molecule has 2 aliphatic rings. The van der Waals surface area contributed by atoms with Crippen LogP contribution in [0.3, 0.4) is 0 Å². The Bertz CT molecular complexity index is 1200. The summed E-state index contributed by atoms with van der Waals surface area (Å²) >= 11 is 6.48. The zero-order valence-electron chi connectivity index (χ0n) is 18.6. The number of hydrogen-bond donors (Lipinski definition) is 2. The maximum atomic E-state index is 14.4. The molecule has 2 amide bonds. The number of nitrogens with one attached hydrogen (secondary N) is 1. The monoisotopic (exact) mass is 510 g/mol. The van der Waals surface area contributed by atoms with Crippen molar-refractivity contribution in [2.75, 3.05) is 32.3 Å². The Morgan fingerprint density at radius 2 is 1.91 bits per heavy atom. The largest absolute Gasteiger partial charge is 0.496 e. The van der Waals surface area contributed by atoms with Gasteiger partial charge >= 0.3 is 6.03 Å². The van der Waals surface area contributed by atoms with Crippen LogP contribution in [-0.4, -0.2) is 63.0 Å². The second kappa shape index (κ2) is 10.3. The number of nitrogens with zero attached hydrogens (tertiary/aromatic N) is 3. The van der Waals surface area contributed by atoms with E-state index < -0.39 is 36.5 Å². The van der Waals surface area contributed by atoms with E-state index in [1.165, 1.54) is 43.7 Å². The average Bonchev–Trinajstić information content (AvgIpc) is 3.19. The van der Waals surface area contributed by atoms with Crippen molar-refractivity contribution in [3.05, 3.63) is 46.5 Å². The van der Waals surface area contributed by atoms with E-state index in [4.69, 9.17) is 35.7 Å². The second-order valence-corrected chi connectivity index (χ2v) is 7.71. The molecule has 2 aliphatic heterocycles. The molecule has 186 valence electrons. The fourth-order valence-electron chi connectivity index (χ4n) is 3.70. The summed E-state index contributed by atoms with van der Waals surface area (Å²) in [6.07, 6.45) is 0.529. The highest BCUT2D eigenvalue weighted by Gasteiger charge is 2.45. The summed E-state index contributed by atoms with van der Waals surface area (Å²) in [4.78, 5) is 22.4. The molecule has 35 heavy (non-hydrogen) atoms. The number of aliphatic hydroxyl groups excluding tert-OH is 1. The maximum Gasteiger partial charge on any atom is 0.324 e. The van der Waals surface area contributed by atoms with E-state index in [2.05, 4.69) is 15.3 Å². The third-order valence-corrected chi connectivity index (χ3v) is 5.61. The lowest BCUT2D eigenvalue weighted by atomic mass is 10.2. The molecule has 1 fully saturated rings. The molecule has 2 atom stereocenters. The lowest BCUT2D eigenvalue weighted by molar-refractivity contribution is 0.191. The van der Waals surface area contributed by atoms with Crippen LogP contribution >= 0.6 is 11.6 Å². The number of anilines is 1. The van der Waals surface area contributed by atoms with Crippen molar-refractivity contribution in [3.8, 4) is 17.2 Å². The maximum absolute atomic E-state index is 14.4. The number of amides is 2. The quantitative estimate of drug-likeness (QED) is 0.564. The molecule has 2 aromatic rings. The Morgan fingerprint density at radius 3 is 2.63 bits per heavy atom. The highest BCUT2D eigenvalue weighted by atomic mass is 35.5. The van der Waals surface area contributed by atoms with Gasteiger partial charge in [-0.1, -0.05) is 11.6 Å². The summed E-state index contributed by atoms with van der Waals surface area (Å²) < 4.78 is 49.8. The first-order chi connectivity index (χ1) is 16.9. The summed E-state index contributed by atoms with van der Waals surface area (Å²) in [5, 5.41) is 12.0. The van der Waals surface area contributed by atoms with Crippen LogP contribution in [0.1, 0.15) is 5.56 Å². The number of ether oxygens (including phenoxy) is 4. The summed E-state index contributed by atoms with van der Waals surface area (Å²) in [5.41, 5.74) is 0.0538. The first-order valence-electron chi connectivity index (χ1n) is 10.3. The van der Waals surface area contributed by atoms with Crippen LogP contribution < -0.4 is 24.4 Å². The lowest BCUT2D eigenvalue weighted by Gasteiger charge is -2.26. The van der Waals surface area contributed by atoms with Crippen LogP contribution in [0.15, 0.2) is 34.3 Å². The minimum atomic E-state index is -1.12. The van der Waals surface area contributed by atoms with E-state index in [0.29, 0.717) is 0 Å². The molecule has 0 aliphatic carbocycles. The number of urea groups is 1. The number of rotatable bonds is 8. The topological polar surface area (TPSA) is 114 Å². The number of methoxy groups -OCH3 is 2. The predicted molar refractivity (Wildman–Crippen MR) is 123 cm³/mol. The van der Waals surface area contributed by atoms with Crippen molar-refractivity contribution < 1.29 is 37.6 Å². The molecule has 2 unspecified atom stereocenters. The molecular formula is C22H21ClF2N4O6. The number of aliphatic imine (C=N–C) groups is 2. The third kappa shape index (κ3) is 4.66. The highest BCUT2D eigenvalue weighted by molar-refractivity contribution is 6.34. The highest BCUT2D eigenvalue weighted by Crippen LogP contribution is 2.41. The first-order valence-corrected chi connectivity index (χ1v) is 10.7. The SMILES string of the molecule is COC1=NC=NC2C1NC(=O)N2c1cc(OCc2c(OC)ccc(F)c2F)c(OCCO)cc1Cl. The van der Waals surface area contributed by atoms with Crippen molar-refractivity contribution in [1.29, 1.82) is 0 Å². The van der Waals surface area contributed by atoms with Gasteiger partial charge in [0.1, 0.15) is 31.3 Å². The minimum absolute atomic E-state index is 0.0558. The Balaban J connectivity index is 1.70. The molecule has 2 N–H and O–H groups in total. The van der Waals surface area contributed by atoms with Gasteiger partial charge in [-0.15, -0.1) is 0 Å². The molecule has 0 radical (unpaired) electrons. The summed E-state index contributed by atoms with van der Waals surface area (Å²) in [7, 11) is 2.74. The molecule has 13 heteroatoms. The van der Waals surface area contributed by atoms with Gasteiger partial charge in [0.2, 0.25) is 5.90 Å². The van der Waals surface area contributed by atoms with E-state index in [1.807, 2.05) is 0 Å². The van der Waals surface area contributed by atoms with Crippen LogP contribution in [0.25, 0.3) is 0 Å². The van der Waals surface area contributed by atoms with E-state index in [0.717, 1.165) is 6.07 Å². The van der Waals surface area contributed by atoms with Gasteiger partial charge in [0.15, 0.2) is 29.3 Å². The molecule has 10 nitrogen and oxygen atoms in total. The van der Waals surface area contributed by atoms with E-state index in [9.17, 15) is 13.6 Å². The summed E-state index contributed by atoms with van der Waals surface area (Å²) in [6, 6.07) is 3.86. The molecule has 2 aromatic carbocycles. The zero-order valence-corrected chi connectivity index (χ0v) is 19.4. The number of carbonyl (C=O) groups is 1. The number of carbonyl (C=O) groups excluding carboxylic acids is 1. The van der Waals surface area contributed by atoms with Crippen LogP contribution in [0.5, 0.6) is 17.2 Å². The van der Waals surface area contributed by atoms with E-state index >= 15 is 0 Å². The molecule has 1 saturated heterocycles. The van der Waals surface area contributed by atoms with Crippen molar-refractivity contribution in [1.82, 2.24) is 5.32 Å². The molecule has 0 saturated carbocycles. The third-order valence-electron chi connectivity index (χ3n) is 5.31. The number of halogens is 3. The van der Waals surface area contributed by atoms with Gasteiger partial charge in [-0.25, -0.2) is 23.6 Å². The molecule has 4 rings (SSSR count). The Morgan fingerprint density at radius 1 is 1.14 bits per heavy atom.